The molecule has 0 aliphatic rings. The summed E-state index contributed by atoms with van der Waals surface area (Å²) in [5, 5.41) is 3.26. The van der Waals surface area contributed by atoms with E-state index in [1.807, 2.05) is 0 Å². The molecule has 106 valence electrons. The number of carbonyl (C=O) groups is 1. The first-order chi connectivity index (χ1) is 9.10. The summed E-state index contributed by atoms with van der Waals surface area (Å²) in [7, 11) is 1.31. The molecule has 1 unspecified atom stereocenters. The van der Waals surface area contributed by atoms with Gasteiger partial charge in [0.05, 0.1) is 7.11 Å². The minimum Gasteiger partial charge on any atom is -0.463 e. The average Bonchev–Trinajstić information content (AvgIpc) is 2.44. The van der Waals surface area contributed by atoms with Crippen molar-refractivity contribution < 1.29 is 9.53 Å². The van der Waals surface area contributed by atoms with Crippen LogP contribution in [-0.2, 0) is 4.74 Å². The van der Waals surface area contributed by atoms with E-state index in [0.717, 1.165) is 19.6 Å². The highest BCUT2D eigenvalue weighted by molar-refractivity contribution is 5.85. The molecule has 1 aromatic heterocycles. The summed E-state index contributed by atoms with van der Waals surface area (Å²) < 4.78 is 4.60. The van der Waals surface area contributed by atoms with E-state index >= 15 is 0 Å². The Morgan fingerprint density at radius 3 is 2.74 bits per heavy atom. The highest BCUT2D eigenvalue weighted by Gasteiger charge is 2.11. The SMILES string of the molecule is CCN(CC)CC(C)Nc1ccnc(C(=O)OC)n1. The van der Waals surface area contributed by atoms with E-state index < -0.39 is 5.97 Å². The predicted octanol–water partition coefficient (Wildman–Crippen LogP) is 1.41. The van der Waals surface area contributed by atoms with Gasteiger partial charge in [0.25, 0.3) is 0 Å². The Morgan fingerprint density at radius 1 is 1.47 bits per heavy atom. The molecule has 1 heterocycles. The van der Waals surface area contributed by atoms with Crippen molar-refractivity contribution in [2.24, 2.45) is 0 Å². The van der Waals surface area contributed by atoms with Gasteiger partial charge in [-0.15, -0.1) is 0 Å². The van der Waals surface area contributed by atoms with Crippen molar-refractivity contribution in [1.29, 1.82) is 0 Å². The van der Waals surface area contributed by atoms with Gasteiger partial charge in [0.2, 0.25) is 5.82 Å². The maximum Gasteiger partial charge on any atom is 0.376 e. The zero-order valence-electron chi connectivity index (χ0n) is 12.0. The molecule has 0 spiro atoms. The Morgan fingerprint density at radius 2 is 2.16 bits per heavy atom. The molecule has 0 bridgehead atoms. The number of ether oxygens (including phenoxy) is 1. The van der Waals surface area contributed by atoms with Crippen molar-refractivity contribution in [3.8, 4) is 0 Å². The molecule has 1 aromatic rings. The highest BCUT2D eigenvalue weighted by Crippen LogP contribution is 2.06. The normalized spacial score (nSPS) is 12.3. The van der Waals surface area contributed by atoms with E-state index in [-0.39, 0.29) is 11.9 Å². The number of methoxy groups -OCH3 is 1. The summed E-state index contributed by atoms with van der Waals surface area (Å²) in [6.07, 6.45) is 1.55. The third kappa shape index (κ3) is 4.82. The van der Waals surface area contributed by atoms with E-state index in [1.54, 1.807) is 12.3 Å². The third-order valence-corrected chi connectivity index (χ3v) is 2.84. The topological polar surface area (TPSA) is 67.4 Å². The first-order valence-electron chi connectivity index (χ1n) is 6.50. The van der Waals surface area contributed by atoms with Gasteiger partial charge in [-0.05, 0) is 26.1 Å². The van der Waals surface area contributed by atoms with Gasteiger partial charge in [-0.3, -0.25) is 0 Å². The Kier molecular flexibility index (Phi) is 6.21. The quantitative estimate of drug-likeness (QED) is 0.753. The fraction of sp³-hybridized carbons (Fsp3) is 0.615. The van der Waals surface area contributed by atoms with Gasteiger partial charge in [0.15, 0.2) is 0 Å². The number of rotatable bonds is 7. The Hall–Kier alpha value is -1.69. The van der Waals surface area contributed by atoms with Crippen molar-refractivity contribution in [1.82, 2.24) is 14.9 Å². The number of likely N-dealkylation sites (N-methyl/N-ethyl adjacent to an activating group) is 1. The van der Waals surface area contributed by atoms with Crippen LogP contribution in [0.25, 0.3) is 0 Å². The van der Waals surface area contributed by atoms with E-state index in [9.17, 15) is 4.79 Å². The van der Waals surface area contributed by atoms with Gasteiger partial charge in [0, 0.05) is 18.8 Å². The first-order valence-corrected chi connectivity index (χ1v) is 6.50. The van der Waals surface area contributed by atoms with E-state index in [2.05, 4.69) is 45.7 Å². The number of hydrogen-bond donors (Lipinski definition) is 1. The van der Waals surface area contributed by atoms with Crippen LogP contribution in [-0.4, -0.2) is 53.6 Å². The largest absolute Gasteiger partial charge is 0.463 e. The van der Waals surface area contributed by atoms with Crippen molar-refractivity contribution >= 4 is 11.8 Å². The molecule has 6 nitrogen and oxygen atoms in total. The van der Waals surface area contributed by atoms with Crippen LogP contribution in [0.3, 0.4) is 0 Å². The van der Waals surface area contributed by atoms with Crippen molar-refractivity contribution in [2.45, 2.75) is 26.8 Å². The molecule has 0 saturated carbocycles. The predicted molar refractivity (Wildman–Crippen MR) is 74.2 cm³/mol. The van der Waals surface area contributed by atoms with Crippen molar-refractivity contribution in [3.63, 3.8) is 0 Å². The molecule has 1 rings (SSSR count). The number of aromatic nitrogens is 2. The van der Waals surface area contributed by atoms with Crippen molar-refractivity contribution in [3.05, 3.63) is 18.1 Å². The fourth-order valence-electron chi connectivity index (χ4n) is 1.80. The van der Waals surface area contributed by atoms with Crippen LogP contribution in [0.15, 0.2) is 12.3 Å². The van der Waals surface area contributed by atoms with Crippen LogP contribution >= 0.6 is 0 Å². The van der Waals surface area contributed by atoms with E-state index in [4.69, 9.17) is 0 Å². The summed E-state index contributed by atoms with van der Waals surface area (Å²) in [5.74, 6) is 0.178. The van der Waals surface area contributed by atoms with Crippen LogP contribution < -0.4 is 5.32 Å². The summed E-state index contributed by atoms with van der Waals surface area (Å²) in [6.45, 7) is 9.30. The second-order valence-electron chi connectivity index (χ2n) is 4.29. The lowest BCUT2D eigenvalue weighted by molar-refractivity contribution is 0.0587. The zero-order valence-corrected chi connectivity index (χ0v) is 12.0. The first kappa shape index (κ1) is 15.4. The summed E-state index contributed by atoms with van der Waals surface area (Å²) in [6, 6.07) is 1.98. The van der Waals surface area contributed by atoms with Gasteiger partial charge in [-0.1, -0.05) is 13.8 Å². The lowest BCUT2D eigenvalue weighted by Crippen LogP contribution is -2.35. The molecule has 0 amide bonds. The molecule has 0 radical (unpaired) electrons. The number of anilines is 1. The minimum absolute atomic E-state index is 0.0718. The lowest BCUT2D eigenvalue weighted by Gasteiger charge is -2.23. The number of hydrogen-bond acceptors (Lipinski definition) is 6. The molecule has 0 fully saturated rings. The summed E-state index contributed by atoms with van der Waals surface area (Å²) >= 11 is 0. The van der Waals surface area contributed by atoms with Gasteiger partial charge in [-0.25, -0.2) is 14.8 Å². The molecule has 0 saturated heterocycles. The lowest BCUT2D eigenvalue weighted by atomic mass is 10.3. The molecule has 1 N–H and O–H groups in total. The number of nitrogens with one attached hydrogen (secondary N) is 1. The smallest absolute Gasteiger partial charge is 0.376 e. The minimum atomic E-state index is -0.528. The summed E-state index contributed by atoms with van der Waals surface area (Å²) in [5.41, 5.74) is 0. The molecule has 1 atom stereocenters. The zero-order chi connectivity index (χ0) is 14.3. The molecule has 19 heavy (non-hydrogen) atoms. The molecular weight excluding hydrogens is 244 g/mol. The molecular formula is C13H22N4O2. The van der Waals surface area contributed by atoms with Gasteiger partial charge >= 0.3 is 5.97 Å². The van der Waals surface area contributed by atoms with Gasteiger partial charge in [0.1, 0.15) is 5.82 Å². The standard InChI is InChI=1S/C13H22N4O2/c1-5-17(6-2)9-10(3)15-11-7-8-14-12(16-11)13(18)19-4/h7-8,10H,5-6,9H2,1-4H3,(H,14,15,16). The molecule has 6 heteroatoms. The second-order valence-corrected chi connectivity index (χ2v) is 4.29. The van der Waals surface area contributed by atoms with Crippen LogP contribution in [0.5, 0.6) is 0 Å². The van der Waals surface area contributed by atoms with Crippen LogP contribution in [0.4, 0.5) is 5.82 Å². The van der Waals surface area contributed by atoms with Gasteiger partial charge in [-0.2, -0.15) is 0 Å². The molecule has 0 aromatic carbocycles. The number of nitrogens with zero attached hydrogens (tertiary/aromatic N) is 3. The maximum atomic E-state index is 11.3. The number of esters is 1. The van der Waals surface area contributed by atoms with E-state index in [0.29, 0.717) is 5.82 Å². The number of carbonyl (C=O) groups excluding carboxylic acids is 1. The Labute approximate surface area is 114 Å². The third-order valence-electron chi connectivity index (χ3n) is 2.84. The summed E-state index contributed by atoms with van der Waals surface area (Å²) in [4.78, 5) is 21.7. The molecule has 0 aliphatic heterocycles. The van der Waals surface area contributed by atoms with Crippen LogP contribution in [0, 0.1) is 0 Å². The maximum absolute atomic E-state index is 11.3. The Bertz CT molecular complexity index is 407. The molecule has 0 aliphatic carbocycles. The fourth-order valence-corrected chi connectivity index (χ4v) is 1.80. The Balaban J connectivity index is 2.63. The van der Waals surface area contributed by atoms with Crippen LogP contribution in [0.2, 0.25) is 0 Å². The average molecular weight is 266 g/mol. The van der Waals surface area contributed by atoms with Crippen molar-refractivity contribution in [2.75, 3.05) is 32.1 Å². The highest BCUT2D eigenvalue weighted by atomic mass is 16.5. The van der Waals surface area contributed by atoms with Crippen LogP contribution in [0.1, 0.15) is 31.4 Å². The second kappa shape index (κ2) is 7.68. The monoisotopic (exact) mass is 266 g/mol. The van der Waals surface area contributed by atoms with Gasteiger partial charge < -0.3 is 15.0 Å². The van der Waals surface area contributed by atoms with E-state index in [1.165, 1.54) is 7.11 Å².